The monoisotopic (exact) mass is 252 g/mol. The molecule has 0 aromatic carbocycles. The fraction of sp³-hybridized carbons (Fsp3) is 0.400. The molecule has 0 unspecified atom stereocenters. The standard InChI is InChI=1S/C10H13ClN6/c1-6-9(11)15-7(2)16-10(6)12-4-3-8-13-5-14-17-8/h5H,3-4H2,1-2H3,(H,12,15,16)(H,13,14,17). The lowest BCUT2D eigenvalue weighted by Crippen LogP contribution is -2.10. The van der Waals surface area contributed by atoms with Gasteiger partial charge in [0.2, 0.25) is 0 Å². The topological polar surface area (TPSA) is 79.4 Å². The first-order chi connectivity index (χ1) is 8.16. The van der Waals surface area contributed by atoms with Crippen molar-refractivity contribution < 1.29 is 0 Å². The van der Waals surface area contributed by atoms with Crippen molar-refractivity contribution in [1.29, 1.82) is 0 Å². The van der Waals surface area contributed by atoms with Gasteiger partial charge in [0.05, 0.1) is 0 Å². The molecular formula is C10H13ClN6. The van der Waals surface area contributed by atoms with Gasteiger partial charge in [0, 0.05) is 18.5 Å². The second-order valence-corrected chi connectivity index (χ2v) is 4.00. The van der Waals surface area contributed by atoms with Crippen LogP contribution in [0.15, 0.2) is 6.33 Å². The minimum atomic E-state index is 0.486. The van der Waals surface area contributed by atoms with Crippen LogP contribution >= 0.6 is 11.6 Å². The van der Waals surface area contributed by atoms with Crippen LogP contribution in [-0.4, -0.2) is 31.7 Å². The highest BCUT2D eigenvalue weighted by Gasteiger charge is 2.06. The molecule has 0 aliphatic rings. The summed E-state index contributed by atoms with van der Waals surface area (Å²) < 4.78 is 0. The van der Waals surface area contributed by atoms with Crippen LogP contribution in [0.1, 0.15) is 17.2 Å². The second kappa shape index (κ2) is 5.09. The van der Waals surface area contributed by atoms with Crippen molar-refractivity contribution in [2.24, 2.45) is 0 Å². The zero-order valence-electron chi connectivity index (χ0n) is 9.66. The maximum Gasteiger partial charge on any atom is 0.137 e. The van der Waals surface area contributed by atoms with Gasteiger partial charge in [0.25, 0.3) is 0 Å². The molecule has 0 aliphatic heterocycles. The molecule has 0 radical (unpaired) electrons. The first-order valence-electron chi connectivity index (χ1n) is 5.25. The van der Waals surface area contributed by atoms with E-state index < -0.39 is 0 Å². The van der Waals surface area contributed by atoms with E-state index in [1.54, 1.807) is 0 Å². The average Bonchev–Trinajstić information content (AvgIpc) is 2.78. The second-order valence-electron chi connectivity index (χ2n) is 3.64. The molecule has 2 rings (SSSR count). The number of aryl methyl sites for hydroxylation is 1. The van der Waals surface area contributed by atoms with Crippen LogP contribution in [0.3, 0.4) is 0 Å². The van der Waals surface area contributed by atoms with Gasteiger partial charge in [-0.3, -0.25) is 5.10 Å². The van der Waals surface area contributed by atoms with Crippen molar-refractivity contribution in [3.05, 3.63) is 28.7 Å². The largest absolute Gasteiger partial charge is 0.369 e. The highest BCUT2D eigenvalue weighted by atomic mass is 35.5. The molecule has 0 saturated carbocycles. The van der Waals surface area contributed by atoms with Gasteiger partial charge in [0.15, 0.2) is 0 Å². The van der Waals surface area contributed by atoms with Crippen LogP contribution in [0, 0.1) is 13.8 Å². The zero-order valence-corrected chi connectivity index (χ0v) is 10.4. The lowest BCUT2D eigenvalue weighted by molar-refractivity contribution is 0.891. The lowest BCUT2D eigenvalue weighted by atomic mass is 10.3. The van der Waals surface area contributed by atoms with Crippen molar-refractivity contribution in [1.82, 2.24) is 25.1 Å². The molecule has 0 atom stereocenters. The molecule has 0 saturated heterocycles. The lowest BCUT2D eigenvalue weighted by Gasteiger charge is -2.09. The molecule has 2 aromatic heterocycles. The van der Waals surface area contributed by atoms with Crippen LogP contribution in [0.4, 0.5) is 5.82 Å². The van der Waals surface area contributed by atoms with E-state index >= 15 is 0 Å². The van der Waals surface area contributed by atoms with Gasteiger partial charge >= 0.3 is 0 Å². The Balaban J connectivity index is 1.99. The average molecular weight is 253 g/mol. The van der Waals surface area contributed by atoms with Gasteiger partial charge in [-0.15, -0.1) is 0 Å². The van der Waals surface area contributed by atoms with Gasteiger partial charge < -0.3 is 5.32 Å². The Morgan fingerprint density at radius 3 is 2.88 bits per heavy atom. The number of nitrogens with one attached hydrogen (secondary N) is 2. The summed E-state index contributed by atoms with van der Waals surface area (Å²) in [7, 11) is 0. The molecule has 17 heavy (non-hydrogen) atoms. The van der Waals surface area contributed by atoms with E-state index in [1.807, 2.05) is 13.8 Å². The fourth-order valence-corrected chi connectivity index (χ4v) is 1.63. The van der Waals surface area contributed by atoms with E-state index in [2.05, 4.69) is 30.5 Å². The van der Waals surface area contributed by atoms with Gasteiger partial charge in [0.1, 0.15) is 28.9 Å². The minimum absolute atomic E-state index is 0.486. The van der Waals surface area contributed by atoms with E-state index in [4.69, 9.17) is 11.6 Å². The SMILES string of the molecule is Cc1nc(Cl)c(C)c(NCCc2ncn[nH]2)n1. The van der Waals surface area contributed by atoms with E-state index in [0.717, 1.165) is 23.6 Å². The smallest absolute Gasteiger partial charge is 0.137 e. The zero-order chi connectivity index (χ0) is 12.3. The van der Waals surface area contributed by atoms with Crippen molar-refractivity contribution in [3.8, 4) is 0 Å². The Kier molecular flexibility index (Phi) is 3.53. The molecule has 2 heterocycles. The number of hydrogen-bond acceptors (Lipinski definition) is 5. The number of hydrogen-bond donors (Lipinski definition) is 2. The number of halogens is 1. The van der Waals surface area contributed by atoms with Crippen LogP contribution in [0.2, 0.25) is 5.15 Å². The number of aromatic amines is 1. The van der Waals surface area contributed by atoms with Crippen molar-refractivity contribution >= 4 is 17.4 Å². The fourth-order valence-electron chi connectivity index (χ4n) is 1.42. The third-order valence-corrected chi connectivity index (χ3v) is 2.69. The number of rotatable bonds is 4. The van der Waals surface area contributed by atoms with Gasteiger partial charge in [-0.2, -0.15) is 5.10 Å². The summed E-state index contributed by atoms with van der Waals surface area (Å²) in [5, 5.41) is 10.3. The van der Waals surface area contributed by atoms with Crippen LogP contribution in [-0.2, 0) is 6.42 Å². The van der Waals surface area contributed by atoms with E-state index in [9.17, 15) is 0 Å². The van der Waals surface area contributed by atoms with Gasteiger partial charge in [-0.25, -0.2) is 15.0 Å². The third kappa shape index (κ3) is 2.91. The molecule has 7 heteroatoms. The van der Waals surface area contributed by atoms with Crippen LogP contribution in [0.25, 0.3) is 0 Å². The molecule has 90 valence electrons. The molecule has 0 fully saturated rings. The minimum Gasteiger partial charge on any atom is -0.369 e. The first kappa shape index (κ1) is 11.8. The summed E-state index contributed by atoms with van der Waals surface area (Å²) in [6.07, 6.45) is 2.24. The molecule has 0 bridgehead atoms. The molecule has 2 N–H and O–H groups in total. The number of aromatic nitrogens is 5. The van der Waals surface area contributed by atoms with Crippen LogP contribution < -0.4 is 5.32 Å². The normalized spacial score (nSPS) is 10.5. The third-order valence-electron chi connectivity index (χ3n) is 2.32. The molecule has 0 aliphatic carbocycles. The Labute approximate surface area is 104 Å². The summed E-state index contributed by atoms with van der Waals surface area (Å²) in [5.74, 6) is 2.26. The van der Waals surface area contributed by atoms with Crippen LogP contribution in [0.5, 0.6) is 0 Å². The highest BCUT2D eigenvalue weighted by Crippen LogP contribution is 2.19. The van der Waals surface area contributed by atoms with Crippen molar-refractivity contribution in [2.75, 3.05) is 11.9 Å². The number of H-pyrrole nitrogens is 1. The Bertz CT molecular complexity index is 496. The molecule has 6 nitrogen and oxygen atoms in total. The Hall–Kier alpha value is -1.69. The summed E-state index contributed by atoms with van der Waals surface area (Å²) in [6.45, 7) is 4.41. The highest BCUT2D eigenvalue weighted by molar-refractivity contribution is 6.30. The van der Waals surface area contributed by atoms with Crippen molar-refractivity contribution in [2.45, 2.75) is 20.3 Å². The van der Waals surface area contributed by atoms with E-state index in [1.165, 1.54) is 6.33 Å². The first-order valence-corrected chi connectivity index (χ1v) is 5.63. The van der Waals surface area contributed by atoms with Crippen molar-refractivity contribution in [3.63, 3.8) is 0 Å². The summed E-state index contributed by atoms with van der Waals surface area (Å²) in [6, 6.07) is 0. The predicted molar refractivity (Wildman–Crippen MR) is 65.1 cm³/mol. The van der Waals surface area contributed by atoms with E-state index in [0.29, 0.717) is 17.5 Å². The number of nitrogens with zero attached hydrogens (tertiary/aromatic N) is 4. The maximum absolute atomic E-state index is 5.98. The summed E-state index contributed by atoms with van der Waals surface area (Å²) in [5.41, 5.74) is 0.856. The quantitative estimate of drug-likeness (QED) is 0.807. The molecular weight excluding hydrogens is 240 g/mol. The summed E-state index contributed by atoms with van der Waals surface area (Å²) >= 11 is 5.98. The van der Waals surface area contributed by atoms with Gasteiger partial charge in [-0.1, -0.05) is 11.6 Å². The number of anilines is 1. The Morgan fingerprint density at radius 1 is 1.35 bits per heavy atom. The molecule has 2 aromatic rings. The van der Waals surface area contributed by atoms with Gasteiger partial charge in [-0.05, 0) is 13.8 Å². The van der Waals surface area contributed by atoms with E-state index in [-0.39, 0.29) is 0 Å². The maximum atomic E-state index is 5.98. The molecule has 0 spiro atoms. The Morgan fingerprint density at radius 2 is 2.18 bits per heavy atom. The predicted octanol–water partition coefficient (Wildman–Crippen LogP) is 1.52. The molecule has 0 amide bonds. The summed E-state index contributed by atoms with van der Waals surface area (Å²) in [4.78, 5) is 12.4.